The van der Waals surface area contributed by atoms with Crippen molar-refractivity contribution >= 4 is 11.9 Å². The van der Waals surface area contributed by atoms with Gasteiger partial charge in [-0.25, -0.2) is 0 Å². The van der Waals surface area contributed by atoms with Gasteiger partial charge in [0.25, 0.3) is 5.91 Å². The summed E-state index contributed by atoms with van der Waals surface area (Å²) in [7, 11) is 0. The summed E-state index contributed by atoms with van der Waals surface area (Å²) in [5, 5.41) is 13.2. The van der Waals surface area contributed by atoms with Gasteiger partial charge in [0.05, 0.1) is 12.0 Å². The average Bonchev–Trinajstić information content (AvgIpc) is 2.91. The normalized spacial score (nSPS) is 40.5. The van der Waals surface area contributed by atoms with E-state index in [2.05, 4.69) is 5.32 Å². The topological polar surface area (TPSA) is 115 Å². The first kappa shape index (κ1) is 17.6. The Morgan fingerprint density at radius 1 is 0.958 bits per heavy atom. The number of carbonyl (C=O) groups is 2. The molecule has 0 radical (unpaired) electrons. The smallest absolute Gasteiger partial charge is 0.252 e. The number of carbonyl (C=O) groups excluding carboxylic acids is 2. The molecule has 0 aromatic rings. The van der Waals surface area contributed by atoms with Gasteiger partial charge < -0.3 is 38.9 Å². The highest BCUT2D eigenvalue weighted by atomic mass is 16.9. The summed E-state index contributed by atoms with van der Waals surface area (Å²) in [6, 6.07) is -1.16. The second-order valence-corrected chi connectivity index (χ2v) is 7.14. The zero-order chi connectivity index (χ0) is 17.9. The summed E-state index contributed by atoms with van der Waals surface area (Å²) >= 11 is 0. The van der Waals surface area contributed by atoms with Crippen LogP contribution in [0.5, 0.6) is 0 Å². The van der Waals surface area contributed by atoms with E-state index in [9.17, 15) is 14.7 Å². The lowest BCUT2D eigenvalue weighted by molar-refractivity contribution is -0.308. The molecule has 3 saturated heterocycles. The Balaban J connectivity index is 1.82. The Hall–Kier alpha value is -1.26. The minimum Gasteiger partial charge on any atom is -0.548 e. The van der Waals surface area contributed by atoms with Crippen molar-refractivity contribution in [3.63, 3.8) is 0 Å². The number of hydrogen-bond donors (Lipinski definition) is 1. The van der Waals surface area contributed by atoms with E-state index in [4.69, 9.17) is 23.7 Å². The van der Waals surface area contributed by atoms with Crippen molar-refractivity contribution in [3.8, 4) is 0 Å². The number of carboxylic acids is 1. The average molecular weight is 344 g/mol. The summed E-state index contributed by atoms with van der Waals surface area (Å²) in [6.45, 7) is 8.22. The van der Waals surface area contributed by atoms with Gasteiger partial charge in [-0.2, -0.15) is 0 Å². The first-order valence-electron chi connectivity index (χ1n) is 7.87. The van der Waals surface area contributed by atoms with E-state index in [1.54, 1.807) is 27.7 Å². The number of hydrogen-bond acceptors (Lipinski definition) is 8. The van der Waals surface area contributed by atoms with Crippen LogP contribution in [0, 0.1) is 0 Å². The van der Waals surface area contributed by atoms with Crippen LogP contribution in [0.3, 0.4) is 0 Å². The lowest BCUT2D eigenvalue weighted by Gasteiger charge is -2.36. The number of ether oxygens (including phenoxy) is 5. The van der Waals surface area contributed by atoms with Crippen LogP contribution < -0.4 is 10.4 Å². The summed E-state index contributed by atoms with van der Waals surface area (Å²) in [5.74, 6) is -3.84. The van der Waals surface area contributed by atoms with E-state index in [1.165, 1.54) is 6.92 Å². The molecule has 6 atom stereocenters. The molecule has 0 spiro atoms. The van der Waals surface area contributed by atoms with Gasteiger partial charge >= 0.3 is 0 Å². The maximum absolute atomic E-state index is 12.5. The third-order valence-corrected chi connectivity index (χ3v) is 4.13. The number of rotatable bonds is 3. The molecule has 0 saturated carbocycles. The number of amides is 1. The highest BCUT2D eigenvalue weighted by molar-refractivity contribution is 5.86. The fourth-order valence-electron chi connectivity index (χ4n) is 3.18. The van der Waals surface area contributed by atoms with Crippen molar-refractivity contribution in [1.29, 1.82) is 0 Å². The van der Waals surface area contributed by atoms with Gasteiger partial charge in [-0.15, -0.1) is 0 Å². The second kappa shape index (κ2) is 5.63. The predicted molar refractivity (Wildman–Crippen MR) is 75.1 cm³/mol. The molecule has 0 unspecified atom stereocenters. The number of aliphatic carboxylic acids is 1. The largest absolute Gasteiger partial charge is 0.548 e. The van der Waals surface area contributed by atoms with Gasteiger partial charge in [0.2, 0.25) is 0 Å². The molecule has 3 heterocycles. The number of nitrogens with one attached hydrogen (secondary N) is 1. The Morgan fingerprint density at radius 3 is 2.12 bits per heavy atom. The van der Waals surface area contributed by atoms with Gasteiger partial charge in [-0.3, -0.25) is 4.79 Å². The lowest BCUT2D eigenvalue weighted by Crippen LogP contribution is -2.61. The Morgan fingerprint density at radius 2 is 1.50 bits per heavy atom. The van der Waals surface area contributed by atoms with Crippen molar-refractivity contribution in [3.05, 3.63) is 0 Å². The molecule has 1 amide bonds. The maximum Gasteiger partial charge on any atom is 0.252 e. The summed E-state index contributed by atoms with van der Waals surface area (Å²) < 4.78 is 28.9. The van der Waals surface area contributed by atoms with Crippen LogP contribution >= 0.6 is 0 Å². The molecule has 0 aromatic heterocycles. The molecule has 3 fully saturated rings. The van der Waals surface area contributed by atoms with Crippen LogP contribution in [0.1, 0.15) is 34.6 Å². The van der Waals surface area contributed by atoms with Gasteiger partial charge in [0.15, 0.2) is 24.0 Å². The molecular weight excluding hydrogens is 322 g/mol. The Bertz CT molecular complexity index is 548. The third kappa shape index (κ3) is 3.14. The van der Waals surface area contributed by atoms with Crippen LogP contribution in [0.15, 0.2) is 0 Å². The molecule has 9 heteroatoms. The molecule has 3 aliphatic heterocycles. The van der Waals surface area contributed by atoms with Crippen molar-refractivity contribution < 1.29 is 38.4 Å². The van der Waals surface area contributed by atoms with E-state index in [0.717, 1.165) is 0 Å². The van der Waals surface area contributed by atoms with E-state index in [-0.39, 0.29) is 0 Å². The summed E-state index contributed by atoms with van der Waals surface area (Å²) in [6.07, 6.45) is -3.76. The van der Waals surface area contributed by atoms with Crippen molar-refractivity contribution in [2.75, 3.05) is 0 Å². The van der Waals surface area contributed by atoms with E-state index in [0.29, 0.717) is 0 Å². The molecule has 0 bridgehead atoms. The molecular formula is C15H22NO8-. The zero-order valence-corrected chi connectivity index (χ0v) is 14.2. The first-order chi connectivity index (χ1) is 11.0. The monoisotopic (exact) mass is 344 g/mol. The summed E-state index contributed by atoms with van der Waals surface area (Å²) in [5.41, 5.74) is 0. The quantitative estimate of drug-likeness (QED) is 0.667. The Kier molecular flexibility index (Phi) is 4.12. The molecule has 3 aliphatic rings. The molecule has 1 N–H and O–H groups in total. The molecule has 3 rings (SSSR count). The third-order valence-electron chi connectivity index (χ3n) is 4.13. The maximum atomic E-state index is 12.5. The molecule has 0 aliphatic carbocycles. The van der Waals surface area contributed by atoms with Gasteiger partial charge in [0.1, 0.15) is 18.3 Å². The van der Waals surface area contributed by atoms with E-state index in [1.807, 2.05) is 0 Å². The molecule has 0 aromatic carbocycles. The van der Waals surface area contributed by atoms with Crippen LogP contribution in [0.25, 0.3) is 0 Å². The highest BCUT2D eigenvalue weighted by Crippen LogP contribution is 2.44. The summed E-state index contributed by atoms with van der Waals surface area (Å²) in [4.78, 5) is 23.3. The van der Waals surface area contributed by atoms with Gasteiger partial charge in [-0.05, 0) is 34.6 Å². The van der Waals surface area contributed by atoms with Crippen molar-refractivity contribution in [2.24, 2.45) is 0 Å². The standard InChI is InChI=1S/C15H23NO8/c1-6(12(18)19)16-11(17)9-7-8(22-14(2,3)21-7)10-13(20-9)24-15(4,5)23-10/h6-10,13H,1-5H3,(H,16,17)(H,18,19)/p-1/t6-,7-,8-,9-,10+,13-/m0/s1. The second-order valence-electron chi connectivity index (χ2n) is 7.14. The molecule has 136 valence electrons. The van der Waals surface area contributed by atoms with E-state index < -0.39 is 60.2 Å². The van der Waals surface area contributed by atoms with Crippen LogP contribution in [-0.4, -0.2) is 60.2 Å². The highest BCUT2D eigenvalue weighted by Gasteiger charge is 2.62. The zero-order valence-electron chi connectivity index (χ0n) is 14.2. The number of carboxylic acid groups (broad SMARTS) is 1. The van der Waals surface area contributed by atoms with E-state index >= 15 is 0 Å². The predicted octanol–water partition coefficient (Wildman–Crippen LogP) is -1.36. The fraction of sp³-hybridized carbons (Fsp3) is 0.867. The molecule has 24 heavy (non-hydrogen) atoms. The minimum atomic E-state index is -1.39. The van der Waals surface area contributed by atoms with Crippen LogP contribution in [-0.2, 0) is 33.3 Å². The van der Waals surface area contributed by atoms with Crippen LogP contribution in [0.4, 0.5) is 0 Å². The molecule has 9 nitrogen and oxygen atoms in total. The SMILES string of the molecule is C[C@H](NC(=O)[C@H]1O[C@H]2OC(C)(C)O[C@@H]2[C@H]2OC(C)(C)O[C@@H]21)C(=O)[O-]. The minimum absolute atomic E-state index is 0.547. The van der Waals surface area contributed by atoms with Crippen molar-refractivity contribution in [2.45, 2.75) is 82.9 Å². The Labute approximate surface area is 139 Å². The first-order valence-corrected chi connectivity index (χ1v) is 7.87. The van der Waals surface area contributed by atoms with Gasteiger partial charge in [-0.1, -0.05) is 0 Å². The van der Waals surface area contributed by atoms with Crippen LogP contribution in [0.2, 0.25) is 0 Å². The van der Waals surface area contributed by atoms with Crippen molar-refractivity contribution in [1.82, 2.24) is 5.32 Å². The van der Waals surface area contributed by atoms with Gasteiger partial charge in [0, 0.05) is 0 Å². The lowest BCUT2D eigenvalue weighted by atomic mass is 9.98. The number of fused-ring (bicyclic) bond motifs is 3. The fourth-order valence-corrected chi connectivity index (χ4v) is 3.18.